The first kappa shape index (κ1) is 10.1. The Labute approximate surface area is 68.6 Å². The van der Waals surface area contributed by atoms with E-state index in [1.165, 1.54) is 0 Å². The molecule has 0 rings (SSSR count). The van der Waals surface area contributed by atoms with Gasteiger partial charge in [-0.05, 0) is 19.8 Å². The van der Waals surface area contributed by atoms with Gasteiger partial charge in [0.1, 0.15) is 6.34 Å². The molecule has 0 radical (unpaired) electrons. The second kappa shape index (κ2) is 7.25. The third-order valence-electron chi connectivity index (χ3n) is 1.27. The van der Waals surface area contributed by atoms with Crippen LogP contribution in [0.15, 0.2) is 10.1 Å². The lowest BCUT2D eigenvalue weighted by Crippen LogP contribution is -2.05. The Morgan fingerprint density at radius 3 is 2.73 bits per heavy atom. The molecule has 0 unspecified atom stereocenters. The Morgan fingerprint density at radius 2 is 2.18 bits per heavy atom. The lowest BCUT2D eigenvalue weighted by molar-refractivity contribution is 0.918. The van der Waals surface area contributed by atoms with E-state index in [1.54, 1.807) is 6.34 Å². The van der Waals surface area contributed by atoms with E-state index in [4.69, 9.17) is 0 Å². The zero-order valence-electron chi connectivity index (χ0n) is 7.59. The predicted octanol–water partition coefficient (Wildman–Crippen LogP) is 1.80. The summed E-state index contributed by atoms with van der Waals surface area (Å²) in [4.78, 5) is 4.05. The Kier molecular flexibility index (Phi) is 6.68. The van der Waals surface area contributed by atoms with Gasteiger partial charge in [0, 0.05) is 12.3 Å². The minimum absolute atomic E-state index is 0.869. The summed E-state index contributed by atoms with van der Waals surface area (Å²) in [7, 11) is 0. The largest absolute Gasteiger partial charge is 0.274 e. The quantitative estimate of drug-likeness (QED) is 0.367. The van der Waals surface area contributed by atoms with Crippen LogP contribution >= 0.6 is 0 Å². The smallest absolute Gasteiger partial charge is 0.103 e. The highest BCUT2D eigenvalue weighted by Gasteiger charge is 1.80. The molecule has 0 aromatic heterocycles. The normalized spacial score (nSPS) is 12.5. The second-order valence-corrected chi connectivity index (χ2v) is 2.37. The van der Waals surface area contributed by atoms with E-state index in [0.717, 1.165) is 25.1 Å². The molecular weight excluding hydrogens is 138 g/mol. The van der Waals surface area contributed by atoms with E-state index >= 15 is 0 Å². The summed E-state index contributed by atoms with van der Waals surface area (Å²) in [6.45, 7) is 7.02. The number of hydrogen-bond acceptors (Lipinski definition) is 2. The van der Waals surface area contributed by atoms with Crippen LogP contribution in [0.4, 0.5) is 0 Å². The first-order chi connectivity index (χ1) is 5.31. The molecule has 0 amide bonds. The van der Waals surface area contributed by atoms with E-state index in [1.807, 2.05) is 6.92 Å². The van der Waals surface area contributed by atoms with E-state index in [2.05, 4.69) is 29.4 Å². The SMILES string of the molecule is CCCN=CN/N=C(\C)CC. The molecule has 3 heteroatoms. The fraction of sp³-hybridized carbons (Fsp3) is 0.750. The molecule has 0 bridgehead atoms. The number of nitrogens with one attached hydrogen (secondary N) is 1. The van der Waals surface area contributed by atoms with Crippen molar-refractivity contribution in [2.45, 2.75) is 33.6 Å². The van der Waals surface area contributed by atoms with Gasteiger partial charge in [0.2, 0.25) is 0 Å². The molecule has 0 saturated heterocycles. The molecule has 0 spiro atoms. The standard InChI is InChI=1S/C8H17N3/c1-4-6-9-7-10-11-8(3)5-2/h7H,4-6H2,1-3H3,(H,9,10)/b11-8+. The van der Waals surface area contributed by atoms with E-state index < -0.39 is 0 Å². The van der Waals surface area contributed by atoms with Gasteiger partial charge in [-0.25, -0.2) is 0 Å². The maximum Gasteiger partial charge on any atom is 0.103 e. The number of hydrazone groups is 1. The average Bonchev–Trinajstić information content (AvgIpc) is 2.04. The van der Waals surface area contributed by atoms with Crippen molar-refractivity contribution in [1.29, 1.82) is 0 Å². The van der Waals surface area contributed by atoms with Crippen LogP contribution in [0, 0.1) is 0 Å². The molecule has 3 nitrogen and oxygen atoms in total. The van der Waals surface area contributed by atoms with Crippen molar-refractivity contribution in [2.24, 2.45) is 10.1 Å². The molecule has 64 valence electrons. The monoisotopic (exact) mass is 155 g/mol. The Morgan fingerprint density at radius 1 is 1.45 bits per heavy atom. The van der Waals surface area contributed by atoms with Crippen molar-refractivity contribution in [3.8, 4) is 0 Å². The molecule has 0 aromatic carbocycles. The van der Waals surface area contributed by atoms with Gasteiger partial charge in [-0.1, -0.05) is 13.8 Å². The van der Waals surface area contributed by atoms with Crippen LogP contribution in [0.25, 0.3) is 0 Å². The molecule has 1 N–H and O–H groups in total. The summed E-state index contributed by atoms with van der Waals surface area (Å²) in [5, 5.41) is 4.03. The highest BCUT2D eigenvalue weighted by atomic mass is 15.3. The summed E-state index contributed by atoms with van der Waals surface area (Å²) < 4.78 is 0. The van der Waals surface area contributed by atoms with Gasteiger partial charge >= 0.3 is 0 Å². The van der Waals surface area contributed by atoms with Gasteiger partial charge < -0.3 is 0 Å². The number of rotatable bonds is 5. The summed E-state index contributed by atoms with van der Waals surface area (Å²) in [5.74, 6) is 0. The van der Waals surface area contributed by atoms with Crippen LogP contribution in [0.3, 0.4) is 0 Å². The Balaban J connectivity index is 3.39. The highest BCUT2D eigenvalue weighted by molar-refractivity contribution is 5.82. The molecule has 0 aliphatic rings. The first-order valence-electron chi connectivity index (χ1n) is 4.08. The fourth-order valence-electron chi connectivity index (χ4n) is 0.453. The van der Waals surface area contributed by atoms with Gasteiger partial charge in [0.25, 0.3) is 0 Å². The predicted molar refractivity (Wildman–Crippen MR) is 50.2 cm³/mol. The first-order valence-corrected chi connectivity index (χ1v) is 4.08. The van der Waals surface area contributed by atoms with Crippen molar-refractivity contribution < 1.29 is 0 Å². The van der Waals surface area contributed by atoms with Crippen molar-refractivity contribution in [2.75, 3.05) is 6.54 Å². The molecule has 0 heterocycles. The lowest BCUT2D eigenvalue weighted by Gasteiger charge is -1.93. The average molecular weight is 155 g/mol. The van der Waals surface area contributed by atoms with E-state index in [0.29, 0.717) is 0 Å². The number of aliphatic imine (C=N–C) groups is 1. The molecule has 0 saturated carbocycles. The molecule has 0 aliphatic carbocycles. The van der Waals surface area contributed by atoms with Crippen molar-refractivity contribution in [1.82, 2.24) is 5.43 Å². The topological polar surface area (TPSA) is 36.8 Å². The van der Waals surface area contributed by atoms with Crippen LogP contribution in [0.1, 0.15) is 33.6 Å². The summed E-state index contributed by atoms with van der Waals surface area (Å²) in [5.41, 5.74) is 3.86. The molecule has 11 heavy (non-hydrogen) atoms. The van der Waals surface area contributed by atoms with Gasteiger partial charge in [0.05, 0.1) is 0 Å². The van der Waals surface area contributed by atoms with Crippen molar-refractivity contribution in [3.05, 3.63) is 0 Å². The molecular formula is C8H17N3. The van der Waals surface area contributed by atoms with Crippen LogP contribution in [-0.4, -0.2) is 18.6 Å². The van der Waals surface area contributed by atoms with E-state index in [9.17, 15) is 0 Å². The van der Waals surface area contributed by atoms with Gasteiger partial charge in [-0.15, -0.1) is 0 Å². The summed E-state index contributed by atoms with van der Waals surface area (Å²) in [6.07, 6.45) is 3.70. The second-order valence-electron chi connectivity index (χ2n) is 2.37. The molecule has 0 fully saturated rings. The summed E-state index contributed by atoms with van der Waals surface area (Å²) in [6, 6.07) is 0. The van der Waals surface area contributed by atoms with Crippen LogP contribution in [0.5, 0.6) is 0 Å². The minimum Gasteiger partial charge on any atom is -0.274 e. The Hall–Kier alpha value is -0.860. The van der Waals surface area contributed by atoms with Gasteiger partial charge in [-0.2, -0.15) is 5.10 Å². The summed E-state index contributed by atoms with van der Waals surface area (Å²) >= 11 is 0. The maximum absolute atomic E-state index is 4.05. The zero-order chi connectivity index (χ0) is 8.53. The molecule has 0 aromatic rings. The molecule has 0 atom stereocenters. The Bertz CT molecular complexity index is 138. The number of hydrogen-bond donors (Lipinski definition) is 1. The van der Waals surface area contributed by atoms with Crippen LogP contribution in [-0.2, 0) is 0 Å². The maximum atomic E-state index is 4.05. The zero-order valence-corrected chi connectivity index (χ0v) is 7.59. The highest BCUT2D eigenvalue weighted by Crippen LogP contribution is 1.79. The minimum atomic E-state index is 0.869. The van der Waals surface area contributed by atoms with Gasteiger partial charge in [-0.3, -0.25) is 10.4 Å². The van der Waals surface area contributed by atoms with Gasteiger partial charge in [0.15, 0.2) is 0 Å². The van der Waals surface area contributed by atoms with Crippen LogP contribution < -0.4 is 5.43 Å². The number of nitrogens with zero attached hydrogens (tertiary/aromatic N) is 2. The third kappa shape index (κ3) is 7.03. The van der Waals surface area contributed by atoms with Crippen molar-refractivity contribution in [3.63, 3.8) is 0 Å². The lowest BCUT2D eigenvalue weighted by atomic mass is 10.3. The molecule has 0 aliphatic heterocycles. The van der Waals surface area contributed by atoms with Crippen molar-refractivity contribution >= 4 is 12.1 Å². The third-order valence-corrected chi connectivity index (χ3v) is 1.27. The van der Waals surface area contributed by atoms with E-state index in [-0.39, 0.29) is 0 Å². The van der Waals surface area contributed by atoms with Crippen LogP contribution in [0.2, 0.25) is 0 Å². The fourth-order valence-corrected chi connectivity index (χ4v) is 0.453.